The highest BCUT2D eigenvalue weighted by Crippen LogP contribution is 2.43. The number of pyridine rings is 1. The van der Waals surface area contributed by atoms with Crippen LogP contribution >= 0.6 is 0 Å². The SMILES string of the molecule is CC1C=C2CN(c3c(F)cc4c(=O)c(C(=O)O)cn5c4c3OC[C@@H]5C)CC2N1. The number of anilines is 1. The Morgan fingerprint density at radius 2 is 2.18 bits per heavy atom. The van der Waals surface area contributed by atoms with Crippen molar-refractivity contribution in [3.05, 3.63) is 45.5 Å². The van der Waals surface area contributed by atoms with Crippen LogP contribution in [-0.2, 0) is 0 Å². The fraction of sp³-hybridized carbons (Fsp3) is 0.400. The summed E-state index contributed by atoms with van der Waals surface area (Å²) < 4.78 is 22.8. The van der Waals surface area contributed by atoms with Gasteiger partial charge in [0.05, 0.1) is 16.9 Å². The second-order valence-corrected chi connectivity index (χ2v) is 7.81. The number of fused-ring (bicyclic) bond motifs is 1. The van der Waals surface area contributed by atoms with E-state index in [9.17, 15) is 14.7 Å². The van der Waals surface area contributed by atoms with E-state index in [0.29, 0.717) is 36.1 Å². The molecule has 7 nitrogen and oxygen atoms in total. The Morgan fingerprint density at radius 1 is 1.39 bits per heavy atom. The molecule has 0 aliphatic carbocycles. The molecule has 4 heterocycles. The molecule has 0 saturated carbocycles. The molecule has 1 aromatic carbocycles. The van der Waals surface area contributed by atoms with E-state index in [2.05, 4.69) is 18.3 Å². The monoisotopic (exact) mass is 385 g/mol. The van der Waals surface area contributed by atoms with E-state index in [1.807, 2.05) is 11.8 Å². The van der Waals surface area contributed by atoms with Gasteiger partial charge in [0.15, 0.2) is 11.6 Å². The normalized spacial score (nSPS) is 25.6. The Labute approximate surface area is 160 Å². The standard InChI is InChI=1S/C20H20FN3O4/c1-9-3-11-5-23(7-15(11)22-9)17-14(21)4-12-16-19(17)28-8-10(2)24(16)6-13(18(12)25)20(26)27/h3-4,6,9-10,15,22H,5,7-8H2,1-2H3,(H,26,27)/t9?,10-,15?/m0/s1. The maximum absolute atomic E-state index is 15.2. The molecule has 3 aliphatic heterocycles. The number of carbonyl (C=O) groups is 1. The van der Waals surface area contributed by atoms with Crippen LogP contribution < -0.4 is 20.4 Å². The maximum Gasteiger partial charge on any atom is 0.341 e. The van der Waals surface area contributed by atoms with Crippen molar-refractivity contribution in [3.63, 3.8) is 0 Å². The van der Waals surface area contributed by atoms with Gasteiger partial charge in [-0.15, -0.1) is 0 Å². The van der Waals surface area contributed by atoms with E-state index in [0.717, 1.165) is 6.07 Å². The molecule has 1 aromatic heterocycles. The summed E-state index contributed by atoms with van der Waals surface area (Å²) in [6.07, 6.45) is 3.50. The average Bonchev–Trinajstić information content (AvgIpc) is 3.16. The lowest BCUT2D eigenvalue weighted by molar-refractivity contribution is 0.0694. The van der Waals surface area contributed by atoms with Crippen molar-refractivity contribution in [1.29, 1.82) is 0 Å². The largest absolute Gasteiger partial charge is 0.487 e. The Morgan fingerprint density at radius 3 is 2.89 bits per heavy atom. The molecule has 5 rings (SSSR count). The number of halogens is 1. The Balaban J connectivity index is 1.74. The molecular weight excluding hydrogens is 365 g/mol. The number of nitrogens with one attached hydrogen (secondary N) is 1. The van der Waals surface area contributed by atoms with Gasteiger partial charge in [-0.3, -0.25) is 4.79 Å². The summed E-state index contributed by atoms with van der Waals surface area (Å²) in [5.74, 6) is -1.58. The zero-order chi connectivity index (χ0) is 19.7. The van der Waals surface area contributed by atoms with Gasteiger partial charge in [0.1, 0.15) is 17.9 Å². The predicted molar refractivity (Wildman–Crippen MR) is 102 cm³/mol. The molecule has 3 aliphatic rings. The van der Waals surface area contributed by atoms with E-state index < -0.39 is 17.2 Å². The van der Waals surface area contributed by atoms with E-state index in [4.69, 9.17) is 4.74 Å². The van der Waals surface area contributed by atoms with Crippen molar-refractivity contribution in [2.24, 2.45) is 0 Å². The van der Waals surface area contributed by atoms with Crippen LogP contribution in [-0.4, -0.2) is 47.4 Å². The van der Waals surface area contributed by atoms with Gasteiger partial charge in [-0.1, -0.05) is 6.08 Å². The summed E-state index contributed by atoms with van der Waals surface area (Å²) >= 11 is 0. The molecule has 146 valence electrons. The van der Waals surface area contributed by atoms with Gasteiger partial charge in [0, 0.05) is 31.4 Å². The van der Waals surface area contributed by atoms with Crippen molar-refractivity contribution >= 4 is 22.6 Å². The van der Waals surface area contributed by atoms with Gasteiger partial charge in [0.25, 0.3) is 0 Å². The summed E-state index contributed by atoms with van der Waals surface area (Å²) in [5, 5.41) is 12.9. The van der Waals surface area contributed by atoms with Crippen LogP contribution in [0, 0.1) is 5.82 Å². The molecule has 2 unspecified atom stereocenters. The molecule has 0 spiro atoms. The summed E-state index contributed by atoms with van der Waals surface area (Å²) in [6.45, 7) is 5.43. The Kier molecular flexibility index (Phi) is 3.58. The van der Waals surface area contributed by atoms with Crippen LogP contribution in [0.5, 0.6) is 5.75 Å². The van der Waals surface area contributed by atoms with Crippen LogP contribution in [0.25, 0.3) is 10.9 Å². The minimum atomic E-state index is -1.32. The number of carboxylic acid groups (broad SMARTS) is 1. The minimum absolute atomic E-state index is 0.0352. The number of nitrogens with zero attached hydrogens (tertiary/aromatic N) is 2. The van der Waals surface area contributed by atoms with Gasteiger partial charge in [-0.2, -0.15) is 0 Å². The van der Waals surface area contributed by atoms with Gasteiger partial charge in [-0.05, 0) is 25.5 Å². The molecule has 2 aromatic rings. The average molecular weight is 385 g/mol. The van der Waals surface area contributed by atoms with Crippen LogP contribution in [0.2, 0.25) is 0 Å². The molecule has 1 saturated heterocycles. The highest BCUT2D eigenvalue weighted by Gasteiger charge is 2.37. The summed E-state index contributed by atoms with van der Waals surface area (Å²) in [6, 6.07) is 1.46. The molecule has 8 heteroatoms. The number of aromatic carboxylic acids is 1. The van der Waals surface area contributed by atoms with Crippen molar-refractivity contribution in [2.45, 2.75) is 32.0 Å². The van der Waals surface area contributed by atoms with Crippen molar-refractivity contribution in [1.82, 2.24) is 9.88 Å². The topological polar surface area (TPSA) is 83.8 Å². The molecule has 1 fully saturated rings. The predicted octanol–water partition coefficient (Wildman–Crippen LogP) is 1.90. The van der Waals surface area contributed by atoms with Crippen LogP contribution in [0.1, 0.15) is 30.2 Å². The quantitative estimate of drug-likeness (QED) is 0.769. The summed E-state index contributed by atoms with van der Waals surface area (Å²) in [7, 11) is 0. The smallest absolute Gasteiger partial charge is 0.341 e. The van der Waals surface area contributed by atoms with Gasteiger partial charge in [0.2, 0.25) is 5.43 Å². The fourth-order valence-electron chi connectivity index (χ4n) is 4.58. The lowest BCUT2D eigenvalue weighted by atomic mass is 10.1. The first-order valence-corrected chi connectivity index (χ1v) is 9.34. The highest BCUT2D eigenvalue weighted by atomic mass is 19.1. The molecule has 2 N–H and O–H groups in total. The molecule has 0 radical (unpaired) electrons. The number of benzene rings is 1. The van der Waals surface area contributed by atoms with E-state index >= 15 is 4.39 Å². The molecule has 0 bridgehead atoms. The number of rotatable bonds is 2. The minimum Gasteiger partial charge on any atom is -0.487 e. The second kappa shape index (κ2) is 5.81. The van der Waals surface area contributed by atoms with E-state index in [1.165, 1.54) is 11.8 Å². The van der Waals surface area contributed by atoms with Crippen molar-refractivity contribution in [3.8, 4) is 5.75 Å². The lowest BCUT2D eigenvalue weighted by Gasteiger charge is -2.31. The number of carboxylic acids is 1. The fourth-order valence-corrected chi connectivity index (χ4v) is 4.58. The van der Waals surface area contributed by atoms with E-state index in [-0.39, 0.29) is 29.6 Å². The molecule has 28 heavy (non-hydrogen) atoms. The molecule has 0 amide bonds. The third kappa shape index (κ3) is 2.30. The zero-order valence-electron chi connectivity index (χ0n) is 15.5. The maximum atomic E-state index is 15.2. The number of aromatic nitrogens is 1. The second-order valence-electron chi connectivity index (χ2n) is 7.81. The van der Waals surface area contributed by atoms with Crippen molar-refractivity contribution in [2.75, 3.05) is 24.6 Å². The first-order valence-electron chi connectivity index (χ1n) is 9.34. The van der Waals surface area contributed by atoms with Gasteiger partial charge >= 0.3 is 5.97 Å². The van der Waals surface area contributed by atoms with Crippen molar-refractivity contribution < 1.29 is 19.0 Å². The van der Waals surface area contributed by atoms with Gasteiger partial charge in [-0.25, -0.2) is 9.18 Å². The third-order valence-corrected chi connectivity index (χ3v) is 5.84. The summed E-state index contributed by atoms with van der Waals surface area (Å²) in [5.41, 5.74) is 0.956. The first kappa shape index (κ1) is 17.2. The third-order valence-electron chi connectivity index (χ3n) is 5.84. The number of hydrogen-bond acceptors (Lipinski definition) is 5. The van der Waals surface area contributed by atoms with Crippen LogP contribution in [0.3, 0.4) is 0 Å². The number of hydrogen-bond donors (Lipinski definition) is 2. The Bertz CT molecular complexity index is 1120. The highest BCUT2D eigenvalue weighted by molar-refractivity contribution is 5.97. The molecular formula is C20H20FN3O4. The van der Waals surface area contributed by atoms with Gasteiger partial charge < -0.3 is 24.6 Å². The van der Waals surface area contributed by atoms with Crippen LogP contribution in [0.4, 0.5) is 10.1 Å². The Hall–Kier alpha value is -2.87. The zero-order valence-corrected chi connectivity index (χ0v) is 15.5. The molecule has 3 atom stereocenters. The number of ether oxygens (including phenoxy) is 1. The van der Waals surface area contributed by atoms with E-state index in [1.54, 1.807) is 4.57 Å². The summed E-state index contributed by atoms with van der Waals surface area (Å²) in [4.78, 5) is 26.1. The first-order chi connectivity index (χ1) is 13.3. The lowest BCUT2D eigenvalue weighted by Crippen LogP contribution is -2.35. The van der Waals surface area contributed by atoms with Crippen LogP contribution in [0.15, 0.2) is 28.7 Å².